The van der Waals surface area contributed by atoms with Gasteiger partial charge in [0.1, 0.15) is 0 Å². The summed E-state index contributed by atoms with van der Waals surface area (Å²) < 4.78 is 2.96. The van der Waals surface area contributed by atoms with Crippen LogP contribution in [0.5, 0.6) is 0 Å². The van der Waals surface area contributed by atoms with Crippen LogP contribution in [0.2, 0.25) is 5.02 Å². The fraction of sp³-hybridized carbons (Fsp3) is 0.500. The molecule has 0 aliphatic carbocycles. The van der Waals surface area contributed by atoms with Gasteiger partial charge in [0.05, 0.1) is 22.0 Å². The first-order valence-electron chi connectivity index (χ1n) is 10.6. The SMILES string of the molecule is Cc1nn(-c2ccc(Cl)cc2)c2nc(N3CCCC(C(=O)NCCC(C)C)C3)sc12. The van der Waals surface area contributed by atoms with Gasteiger partial charge in [-0.3, -0.25) is 4.79 Å². The van der Waals surface area contributed by atoms with Crippen LogP contribution in [0.4, 0.5) is 5.13 Å². The van der Waals surface area contributed by atoms with Gasteiger partial charge in [-0.15, -0.1) is 0 Å². The van der Waals surface area contributed by atoms with E-state index in [4.69, 9.17) is 16.6 Å². The number of piperidine rings is 1. The van der Waals surface area contributed by atoms with Gasteiger partial charge in [-0.2, -0.15) is 10.1 Å². The number of thiazole rings is 1. The molecule has 1 amide bonds. The predicted octanol–water partition coefficient (Wildman–Crippen LogP) is 4.82. The van der Waals surface area contributed by atoms with E-state index in [1.807, 2.05) is 35.9 Å². The largest absolute Gasteiger partial charge is 0.356 e. The van der Waals surface area contributed by atoms with Crippen molar-refractivity contribution < 1.29 is 4.79 Å². The molecule has 0 radical (unpaired) electrons. The highest BCUT2D eigenvalue weighted by molar-refractivity contribution is 7.22. The van der Waals surface area contributed by atoms with Crippen LogP contribution in [-0.2, 0) is 4.79 Å². The Hall–Kier alpha value is -2.12. The minimum atomic E-state index is 0.0202. The first-order valence-corrected chi connectivity index (χ1v) is 11.8. The second-order valence-corrected chi connectivity index (χ2v) is 9.80. The van der Waals surface area contributed by atoms with Crippen molar-refractivity contribution in [3.63, 3.8) is 0 Å². The molecule has 1 aliphatic heterocycles. The molecule has 1 aliphatic rings. The molecular formula is C22H28ClN5OS. The number of nitrogens with one attached hydrogen (secondary N) is 1. The zero-order chi connectivity index (χ0) is 21.3. The summed E-state index contributed by atoms with van der Waals surface area (Å²) in [5.74, 6) is 0.788. The topological polar surface area (TPSA) is 63.1 Å². The predicted molar refractivity (Wildman–Crippen MR) is 124 cm³/mol. The molecule has 1 N–H and O–H groups in total. The summed E-state index contributed by atoms with van der Waals surface area (Å²) in [7, 11) is 0. The minimum absolute atomic E-state index is 0.0202. The van der Waals surface area contributed by atoms with Crippen molar-refractivity contribution in [1.29, 1.82) is 0 Å². The summed E-state index contributed by atoms with van der Waals surface area (Å²) >= 11 is 7.69. The Kier molecular flexibility index (Phi) is 6.29. The van der Waals surface area contributed by atoms with Crippen LogP contribution in [0.15, 0.2) is 24.3 Å². The summed E-state index contributed by atoms with van der Waals surface area (Å²) in [6, 6.07) is 7.62. The Morgan fingerprint density at radius 1 is 1.33 bits per heavy atom. The van der Waals surface area contributed by atoms with E-state index in [1.54, 1.807) is 11.3 Å². The van der Waals surface area contributed by atoms with E-state index in [0.717, 1.165) is 65.8 Å². The van der Waals surface area contributed by atoms with Crippen molar-refractivity contribution in [3.05, 3.63) is 35.0 Å². The Balaban J connectivity index is 1.52. The number of anilines is 1. The van der Waals surface area contributed by atoms with E-state index in [9.17, 15) is 4.79 Å². The third-order valence-electron chi connectivity index (χ3n) is 5.53. The molecule has 1 unspecified atom stereocenters. The molecule has 0 bridgehead atoms. The molecule has 3 aromatic rings. The quantitative estimate of drug-likeness (QED) is 0.590. The van der Waals surface area contributed by atoms with Gasteiger partial charge in [0, 0.05) is 24.7 Å². The fourth-order valence-corrected chi connectivity index (χ4v) is 4.96. The number of carbonyl (C=O) groups excluding carboxylic acids is 1. The third kappa shape index (κ3) is 4.47. The molecule has 2 aromatic heterocycles. The van der Waals surface area contributed by atoms with E-state index in [0.29, 0.717) is 10.9 Å². The normalized spacial score (nSPS) is 17.1. The Labute approximate surface area is 186 Å². The summed E-state index contributed by atoms with van der Waals surface area (Å²) in [4.78, 5) is 19.8. The van der Waals surface area contributed by atoms with Crippen molar-refractivity contribution in [2.45, 2.75) is 40.0 Å². The van der Waals surface area contributed by atoms with Gasteiger partial charge in [-0.25, -0.2) is 4.68 Å². The first kappa shape index (κ1) is 21.1. The molecule has 1 aromatic carbocycles. The van der Waals surface area contributed by atoms with Gasteiger partial charge < -0.3 is 10.2 Å². The number of amides is 1. The van der Waals surface area contributed by atoms with E-state index in [2.05, 4.69) is 29.2 Å². The van der Waals surface area contributed by atoms with Crippen molar-refractivity contribution in [2.24, 2.45) is 11.8 Å². The van der Waals surface area contributed by atoms with Crippen LogP contribution < -0.4 is 10.2 Å². The number of hydrogen-bond donors (Lipinski definition) is 1. The molecule has 30 heavy (non-hydrogen) atoms. The lowest BCUT2D eigenvalue weighted by Gasteiger charge is -2.31. The lowest BCUT2D eigenvalue weighted by molar-refractivity contribution is -0.125. The number of aromatic nitrogens is 3. The molecule has 1 saturated heterocycles. The molecule has 3 heterocycles. The number of fused-ring (bicyclic) bond motifs is 1. The molecule has 1 atom stereocenters. The lowest BCUT2D eigenvalue weighted by Crippen LogP contribution is -2.43. The zero-order valence-electron chi connectivity index (χ0n) is 17.7. The maximum atomic E-state index is 12.6. The molecule has 4 rings (SSSR count). The van der Waals surface area contributed by atoms with Crippen molar-refractivity contribution in [3.8, 4) is 5.69 Å². The van der Waals surface area contributed by atoms with Crippen LogP contribution in [0, 0.1) is 18.8 Å². The lowest BCUT2D eigenvalue weighted by atomic mass is 9.97. The van der Waals surface area contributed by atoms with Crippen LogP contribution in [-0.4, -0.2) is 40.3 Å². The molecule has 160 valence electrons. The number of halogens is 1. The Bertz CT molecular complexity index is 1030. The van der Waals surface area contributed by atoms with Crippen LogP contribution in [0.3, 0.4) is 0 Å². The van der Waals surface area contributed by atoms with E-state index in [-0.39, 0.29) is 11.8 Å². The zero-order valence-corrected chi connectivity index (χ0v) is 19.3. The third-order valence-corrected chi connectivity index (χ3v) is 7.00. The first-order chi connectivity index (χ1) is 14.4. The monoisotopic (exact) mass is 445 g/mol. The molecule has 0 spiro atoms. The van der Waals surface area contributed by atoms with Crippen molar-refractivity contribution >= 4 is 44.3 Å². The molecule has 1 fully saturated rings. The molecule has 0 saturated carbocycles. The van der Waals surface area contributed by atoms with Gasteiger partial charge in [0.25, 0.3) is 0 Å². The van der Waals surface area contributed by atoms with Crippen molar-refractivity contribution in [1.82, 2.24) is 20.1 Å². The number of rotatable bonds is 6. The van der Waals surface area contributed by atoms with E-state index < -0.39 is 0 Å². The van der Waals surface area contributed by atoms with E-state index >= 15 is 0 Å². The maximum absolute atomic E-state index is 12.6. The Morgan fingerprint density at radius 3 is 2.83 bits per heavy atom. The highest BCUT2D eigenvalue weighted by Crippen LogP contribution is 2.34. The standard InChI is InChI=1S/C22H28ClN5OS/c1-14(2)10-11-24-21(29)16-5-4-12-27(13-16)22-25-20-19(30-22)15(3)26-28(20)18-8-6-17(23)7-9-18/h6-9,14,16H,4-5,10-13H2,1-3H3,(H,24,29). The second-order valence-electron chi connectivity index (χ2n) is 8.38. The van der Waals surface area contributed by atoms with E-state index in [1.165, 1.54) is 0 Å². The van der Waals surface area contributed by atoms with Crippen LogP contribution >= 0.6 is 22.9 Å². The fourth-order valence-electron chi connectivity index (χ4n) is 3.81. The number of hydrogen-bond acceptors (Lipinski definition) is 5. The molecular weight excluding hydrogens is 418 g/mol. The van der Waals surface area contributed by atoms with Crippen LogP contribution in [0.1, 0.15) is 38.8 Å². The summed E-state index contributed by atoms with van der Waals surface area (Å²) in [6.45, 7) is 8.77. The highest BCUT2D eigenvalue weighted by Gasteiger charge is 2.28. The Morgan fingerprint density at radius 2 is 2.10 bits per heavy atom. The van der Waals surface area contributed by atoms with Crippen molar-refractivity contribution in [2.75, 3.05) is 24.5 Å². The maximum Gasteiger partial charge on any atom is 0.224 e. The number of carbonyl (C=O) groups is 1. The van der Waals surface area contributed by atoms with Gasteiger partial charge >= 0.3 is 0 Å². The van der Waals surface area contributed by atoms with Gasteiger partial charge in [0.2, 0.25) is 5.91 Å². The van der Waals surface area contributed by atoms with Gasteiger partial charge in [-0.1, -0.05) is 36.8 Å². The number of aryl methyl sites for hydroxylation is 1. The second kappa shape index (κ2) is 8.94. The highest BCUT2D eigenvalue weighted by atomic mass is 35.5. The summed E-state index contributed by atoms with van der Waals surface area (Å²) in [5, 5.41) is 9.44. The average Bonchev–Trinajstić information content (AvgIpc) is 3.29. The smallest absolute Gasteiger partial charge is 0.224 e. The average molecular weight is 446 g/mol. The van der Waals surface area contributed by atoms with Crippen LogP contribution in [0.25, 0.3) is 16.0 Å². The van der Waals surface area contributed by atoms with Gasteiger partial charge in [0.15, 0.2) is 10.8 Å². The molecule has 8 heteroatoms. The molecule has 6 nitrogen and oxygen atoms in total. The summed E-state index contributed by atoms with van der Waals surface area (Å²) in [5.41, 5.74) is 2.76. The number of nitrogens with zero attached hydrogens (tertiary/aromatic N) is 4. The minimum Gasteiger partial charge on any atom is -0.356 e. The van der Waals surface area contributed by atoms with Gasteiger partial charge in [-0.05, 0) is 56.4 Å². The summed E-state index contributed by atoms with van der Waals surface area (Å²) in [6.07, 6.45) is 2.95. The number of benzene rings is 1.